The standard InChI is InChI=1S/C20H21ClN2O4/c1-25-17-3-2-13(11-16(17)21)23-20(24)22-7-4-15-14-6-9-26-18(14)10-12-5-8-27-19(12)15/h2-3,10-11H,4-9H2,1H3,(H2,22,23,24). The van der Waals surface area contributed by atoms with Gasteiger partial charge in [0.05, 0.1) is 25.3 Å². The molecule has 0 unspecified atom stereocenters. The molecule has 142 valence electrons. The number of hydrogen-bond acceptors (Lipinski definition) is 4. The van der Waals surface area contributed by atoms with Gasteiger partial charge >= 0.3 is 6.03 Å². The summed E-state index contributed by atoms with van der Waals surface area (Å²) in [5, 5.41) is 6.12. The maximum atomic E-state index is 12.2. The minimum absolute atomic E-state index is 0.280. The minimum atomic E-state index is -0.280. The van der Waals surface area contributed by atoms with Crippen molar-refractivity contribution in [2.24, 2.45) is 0 Å². The third kappa shape index (κ3) is 3.62. The summed E-state index contributed by atoms with van der Waals surface area (Å²) in [6.07, 6.45) is 2.49. The van der Waals surface area contributed by atoms with E-state index in [0.717, 1.165) is 29.9 Å². The van der Waals surface area contributed by atoms with Crippen LogP contribution < -0.4 is 24.8 Å². The van der Waals surface area contributed by atoms with Crippen molar-refractivity contribution in [3.63, 3.8) is 0 Å². The Morgan fingerprint density at radius 3 is 2.89 bits per heavy atom. The first-order valence-electron chi connectivity index (χ1n) is 8.97. The van der Waals surface area contributed by atoms with Gasteiger partial charge in [-0.2, -0.15) is 0 Å². The second kappa shape index (κ2) is 7.56. The zero-order valence-corrected chi connectivity index (χ0v) is 15.8. The number of carbonyl (C=O) groups is 1. The molecule has 0 radical (unpaired) electrons. The van der Waals surface area contributed by atoms with Gasteiger partial charge in [0.25, 0.3) is 0 Å². The van der Waals surface area contributed by atoms with Gasteiger partial charge < -0.3 is 24.8 Å². The number of nitrogens with one attached hydrogen (secondary N) is 2. The van der Waals surface area contributed by atoms with Crippen molar-refractivity contribution < 1.29 is 19.0 Å². The highest BCUT2D eigenvalue weighted by Crippen LogP contribution is 2.40. The molecule has 0 fully saturated rings. The Kier molecular flexibility index (Phi) is 4.99. The highest BCUT2D eigenvalue weighted by molar-refractivity contribution is 6.32. The Morgan fingerprint density at radius 2 is 2.07 bits per heavy atom. The normalized spacial score (nSPS) is 14.0. The van der Waals surface area contributed by atoms with Gasteiger partial charge in [-0.05, 0) is 30.7 Å². The van der Waals surface area contributed by atoms with E-state index in [0.29, 0.717) is 42.6 Å². The van der Waals surface area contributed by atoms with Gasteiger partial charge in [-0.1, -0.05) is 11.6 Å². The fraction of sp³-hybridized carbons (Fsp3) is 0.350. The molecule has 0 saturated carbocycles. The van der Waals surface area contributed by atoms with Crippen LogP contribution in [0.3, 0.4) is 0 Å². The van der Waals surface area contributed by atoms with Crippen LogP contribution in [0.1, 0.15) is 16.7 Å². The van der Waals surface area contributed by atoms with Gasteiger partial charge in [-0.25, -0.2) is 4.79 Å². The molecule has 0 aliphatic carbocycles. The number of methoxy groups -OCH3 is 1. The number of urea groups is 1. The maximum Gasteiger partial charge on any atom is 0.319 e. The Morgan fingerprint density at radius 1 is 1.22 bits per heavy atom. The third-order valence-corrected chi connectivity index (χ3v) is 5.13. The first-order valence-corrected chi connectivity index (χ1v) is 9.35. The predicted molar refractivity (Wildman–Crippen MR) is 104 cm³/mol. The van der Waals surface area contributed by atoms with Crippen LogP contribution in [0.25, 0.3) is 0 Å². The number of rotatable bonds is 5. The molecule has 27 heavy (non-hydrogen) atoms. The van der Waals surface area contributed by atoms with E-state index in [9.17, 15) is 4.79 Å². The molecule has 2 aromatic carbocycles. The number of amides is 2. The zero-order chi connectivity index (χ0) is 18.8. The van der Waals surface area contributed by atoms with Gasteiger partial charge in [-0.3, -0.25) is 0 Å². The second-order valence-corrected chi connectivity index (χ2v) is 6.90. The number of anilines is 1. The van der Waals surface area contributed by atoms with Crippen LogP contribution in [-0.4, -0.2) is 32.9 Å². The van der Waals surface area contributed by atoms with Crippen LogP contribution in [0, 0.1) is 0 Å². The highest BCUT2D eigenvalue weighted by Gasteiger charge is 2.26. The molecule has 2 aromatic rings. The Labute approximate surface area is 162 Å². The molecule has 0 spiro atoms. The minimum Gasteiger partial charge on any atom is -0.495 e. The average Bonchev–Trinajstić information content (AvgIpc) is 3.30. The topological polar surface area (TPSA) is 68.8 Å². The summed E-state index contributed by atoms with van der Waals surface area (Å²) in [6, 6.07) is 6.93. The lowest BCUT2D eigenvalue weighted by Crippen LogP contribution is -2.30. The predicted octanol–water partition coefficient (Wildman–Crippen LogP) is 3.58. The average molecular weight is 389 g/mol. The van der Waals surface area contributed by atoms with E-state index in [1.54, 1.807) is 25.3 Å². The van der Waals surface area contributed by atoms with E-state index in [1.165, 1.54) is 11.1 Å². The molecule has 0 aromatic heterocycles. The zero-order valence-electron chi connectivity index (χ0n) is 15.1. The summed E-state index contributed by atoms with van der Waals surface area (Å²) in [7, 11) is 1.55. The van der Waals surface area contributed by atoms with Gasteiger partial charge in [0, 0.05) is 41.8 Å². The molecule has 0 bridgehead atoms. The van der Waals surface area contributed by atoms with Gasteiger partial charge in [-0.15, -0.1) is 0 Å². The second-order valence-electron chi connectivity index (χ2n) is 6.50. The lowest BCUT2D eigenvalue weighted by atomic mass is 9.97. The first kappa shape index (κ1) is 17.8. The lowest BCUT2D eigenvalue weighted by Gasteiger charge is -2.14. The monoisotopic (exact) mass is 388 g/mol. The van der Waals surface area contributed by atoms with Gasteiger partial charge in [0.15, 0.2) is 0 Å². The fourth-order valence-corrected chi connectivity index (χ4v) is 3.83. The molecule has 6 nitrogen and oxygen atoms in total. The highest BCUT2D eigenvalue weighted by atomic mass is 35.5. The summed E-state index contributed by atoms with van der Waals surface area (Å²) in [6.45, 7) is 1.91. The summed E-state index contributed by atoms with van der Waals surface area (Å²) in [4.78, 5) is 12.2. The summed E-state index contributed by atoms with van der Waals surface area (Å²) >= 11 is 6.08. The number of benzene rings is 2. The quantitative estimate of drug-likeness (QED) is 0.821. The molecule has 2 heterocycles. The first-order chi connectivity index (χ1) is 13.2. The van der Waals surface area contributed by atoms with E-state index < -0.39 is 0 Å². The van der Waals surface area contributed by atoms with Crippen molar-refractivity contribution in [1.29, 1.82) is 0 Å². The van der Waals surface area contributed by atoms with Crippen LogP contribution in [0.2, 0.25) is 5.02 Å². The number of fused-ring (bicyclic) bond motifs is 2. The third-order valence-electron chi connectivity index (χ3n) is 4.83. The van der Waals surface area contributed by atoms with Gasteiger partial charge in [0.1, 0.15) is 17.2 Å². The van der Waals surface area contributed by atoms with Crippen molar-refractivity contribution >= 4 is 23.3 Å². The van der Waals surface area contributed by atoms with Crippen LogP contribution >= 0.6 is 11.6 Å². The molecular weight excluding hydrogens is 368 g/mol. The van der Waals surface area contributed by atoms with Crippen LogP contribution in [-0.2, 0) is 19.3 Å². The Balaban J connectivity index is 1.38. The smallest absolute Gasteiger partial charge is 0.319 e. The summed E-state index contributed by atoms with van der Waals surface area (Å²) in [5.74, 6) is 2.51. The van der Waals surface area contributed by atoms with Crippen LogP contribution in [0.5, 0.6) is 17.2 Å². The van der Waals surface area contributed by atoms with Crippen molar-refractivity contribution in [3.8, 4) is 17.2 Å². The SMILES string of the molecule is COc1ccc(NC(=O)NCCc2c3c(cc4c2OCC4)OCC3)cc1Cl. The van der Waals surface area contributed by atoms with Crippen molar-refractivity contribution in [3.05, 3.63) is 46.0 Å². The van der Waals surface area contributed by atoms with Gasteiger partial charge in [0.2, 0.25) is 0 Å². The number of halogens is 1. The number of ether oxygens (including phenoxy) is 3. The van der Waals surface area contributed by atoms with E-state index >= 15 is 0 Å². The molecule has 0 saturated heterocycles. The van der Waals surface area contributed by atoms with E-state index in [-0.39, 0.29) is 6.03 Å². The summed E-state index contributed by atoms with van der Waals surface area (Å²) in [5.41, 5.74) is 4.17. The van der Waals surface area contributed by atoms with Crippen LogP contribution in [0.4, 0.5) is 10.5 Å². The van der Waals surface area contributed by atoms with E-state index in [1.807, 2.05) is 0 Å². The summed E-state index contributed by atoms with van der Waals surface area (Å²) < 4.78 is 16.7. The van der Waals surface area contributed by atoms with E-state index in [2.05, 4.69) is 16.7 Å². The fourth-order valence-electron chi connectivity index (χ4n) is 3.57. The molecule has 4 rings (SSSR count). The Bertz CT molecular complexity index is 853. The van der Waals surface area contributed by atoms with Crippen molar-refractivity contribution in [2.45, 2.75) is 19.3 Å². The number of hydrogen-bond donors (Lipinski definition) is 2. The molecule has 2 amide bonds. The molecule has 2 N–H and O–H groups in total. The molecule has 7 heteroatoms. The molecule has 2 aliphatic rings. The largest absolute Gasteiger partial charge is 0.495 e. The Hall–Kier alpha value is -2.60. The van der Waals surface area contributed by atoms with Crippen LogP contribution in [0.15, 0.2) is 24.3 Å². The molecule has 2 aliphatic heterocycles. The maximum absolute atomic E-state index is 12.2. The lowest BCUT2D eigenvalue weighted by molar-refractivity contribution is 0.252. The van der Waals surface area contributed by atoms with E-state index in [4.69, 9.17) is 25.8 Å². The molecular formula is C20H21ClN2O4. The molecule has 0 atom stereocenters. The van der Waals surface area contributed by atoms with Crippen molar-refractivity contribution in [2.75, 3.05) is 32.2 Å². The number of carbonyl (C=O) groups excluding carboxylic acids is 1. The van der Waals surface area contributed by atoms with Crippen molar-refractivity contribution in [1.82, 2.24) is 5.32 Å².